The lowest BCUT2D eigenvalue weighted by atomic mass is 10.0. The van der Waals surface area contributed by atoms with Gasteiger partial charge in [-0.3, -0.25) is 10.1 Å². The lowest BCUT2D eigenvalue weighted by Gasteiger charge is -2.23. The van der Waals surface area contributed by atoms with Gasteiger partial charge in [0.1, 0.15) is 19.3 Å². The van der Waals surface area contributed by atoms with Crippen molar-refractivity contribution in [3.63, 3.8) is 0 Å². The van der Waals surface area contributed by atoms with Gasteiger partial charge in [-0.2, -0.15) is 0 Å². The van der Waals surface area contributed by atoms with Gasteiger partial charge in [-0.15, -0.1) is 0 Å². The maximum atomic E-state index is 12.1. The van der Waals surface area contributed by atoms with Crippen molar-refractivity contribution < 1.29 is 14.4 Å². The zero-order valence-electron chi connectivity index (χ0n) is 14.1. The monoisotopic (exact) mass is 338 g/mol. The molecule has 0 bridgehead atoms. The number of oxime groups is 1. The molecule has 0 aliphatic carbocycles. The van der Waals surface area contributed by atoms with Crippen LogP contribution in [0.25, 0.3) is 0 Å². The number of carbonyl (C=O) groups excluding carboxylic acids is 1. The predicted molar refractivity (Wildman–Crippen MR) is 95.9 cm³/mol. The van der Waals surface area contributed by atoms with Crippen molar-refractivity contribution in [3.8, 4) is 0 Å². The van der Waals surface area contributed by atoms with Crippen molar-refractivity contribution in [3.05, 3.63) is 71.8 Å². The second-order valence-electron chi connectivity index (χ2n) is 5.98. The van der Waals surface area contributed by atoms with Gasteiger partial charge >= 0.3 is 5.97 Å². The van der Waals surface area contributed by atoms with Crippen LogP contribution in [0.2, 0.25) is 0 Å². The molecule has 1 heterocycles. The molecule has 1 N–H and O–H groups in total. The molecule has 0 aromatic heterocycles. The Morgan fingerprint density at radius 1 is 1.00 bits per heavy atom. The van der Waals surface area contributed by atoms with E-state index >= 15 is 0 Å². The summed E-state index contributed by atoms with van der Waals surface area (Å²) in [6.07, 6.45) is 1.40. The minimum Gasteiger partial charge on any atom is -0.460 e. The highest BCUT2D eigenvalue weighted by Crippen LogP contribution is 2.10. The first-order valence-electron chi connectivity index (χ1n) is 8.47. The fourth-order valence-corrected chi connectivity index (χ4v) is 2.62. The Morgan fingerprint density at radius 2 is 1.64 bits per heavy atom. The molecule has 3 rings (SSSR count). The van der Waals surface area contributed by atoms with Crippen LogP contribution in [-0.4, -0.2) is 24.3 Å². The Morgan fingerprint density at radius 3 is 2.24 bits per heavy atom. The molecule has 1 fully saturated rings. The van der Waals surface area contributed by atoms with Crippen LogP contribution in [0.3, 0.4) is 0 Å². The number of esters is 1. The average molecular weight is 338 g/mol. The lowest BCUT2D eigenvalue weighted by Crippen LogP contribution is -2.45. The van der Waals surface area contributed by atoms with E-state index < -0.39 is 0 Å². The van der Waals surface area contributed by atoms with Crippen molar-refractivity contribution in [2.24, 2.45) is 5.16 Å². The van der Waals surface area contributed by atoms with Gasteiger partial charge in [0.05, 0.1) is 5.71 Å². The molecule has 0 spiro atoms. The molecule has 1 aliphatic rings. The number of carbonyl (C=O) groups is 1. The molecular weight excluding hydrogens is 316 g/mol. The van der Waals surface area contributed by atoms with Gasteiger partial charge in [0.15, 0.2) is 0 Å². The third-order valence-electron chi connectivity index (χ3n) is 4.05. The van der Waals surface area contributed by atoms with Crippen LogP contribution in [0.5, 0.6) is 0 Å². The summed E-state index contributed by atoms with van der Waals surface area (Å²) in [5, 5.41) is 7.34. The Bertz CT molecular complexity index is 691. The molecule has 0 amide bonds. The highest BCUT2D eigenvalue weighted by molar-refractivity contribution is 5.89. The summed E-state index contributed by atoms with van der Waals surface area (Å²) in [6, 6.07) is 19.3. The predicted octanol–water partition coefficient (Wildman–Crippen LogP) is 3.05. The van der Waals surface area contributed by atoms with Gasteiger partial charge in [-0.05, 0) is 24.0 Å². The molecule has 1 saturated heterocycles. The smallest absolute Gasteiger partial charge is 0.323 e. The summed E-state index contributed by atoms with van der Waals surface area (Å²) in [5.74, 6) is -0.215. The molecule has 1 unspecified atom stereocenters. The number of benzene rings is 2. The van der Waals surface area contributed by atoms with Crippen molar-refractivity contribution in [1.29, 1.82) is 0 Å². The van der Waals surface area contributed by atoms with Crippen LogP contribution in [0.15, 0.2) is 65.8 Å². The van der Waals surface area contributed by atoms with E-state index in [1.165, 1.54) is 0 Å². The summed E-state index contributed by atoms with van der Waals surface area (Å²) in [7, 11) is 0. The zero-order chi connectivity index (χ0) is 17.3. The SMILES string of the molecule is O=C(OCc1ccccc1)C1CC/C(=N/OCc2ccccc2)CN1. The van der Waals surface area contributed by atoms with Crippen LogP contribution in [-0.2, 0) is 27.6 Å². The van der Waals surface area contributed by atoms with Crippen LogP contribution < -0.4 is 5.32 Å². The van der Waals surface area contributed by atoms with E-state index in [1.54, 1.807) is 0 Å². The molecule has 25 heavy (non-hydrogen) atoms. The first kappa shape index (κ1) is 17.2. The minimum absolute atomic E-state index is 0.215. The molecule has 2 aromatic carbocycles. The van der Waals surface area contributed by atoms with Gasteiger partial charge in [-0.25, -0.2) is 0 Å². The topological polar surface area (TPSA) is 59.9 Å². The minimum atomic E-state index is -0.281. The number of hydrogen-bond acceptors (Lipinski definition) is 5. The van der Waals surface area contributed by atoms with E-state index in [0.717, 1.165) is 23.3 Å². The van der Waals surface area contributed by atoms with Crippen molar-refractivity contribution >= 4 is 11.7 Å². The van der Waals surface area contributed by atoms with Crippen molar-refractivity contribution in [2.75, 3.05) is 6.54 Å². The number of hydrogen-bond donors (Lipinski definition) is 1. The fraction of sp³-hybridized carbons (Fsp3) is 0.300. The van der Waals surface area contributed by atoms with E-state index in [1.807, 2.05) is 60.7 Å². The fourth-order valence-electron chi connectivity index (χ4n) is 2.62. The molecule has 5 nitrogen and oxygen atoms in total. The molecule has 130 valence electrons. The molecule has 5 heteroatoms. The largest absolute Gasteiger partial charge is 0.460 e. The first-order valence-corrected chi connectivity index (χ1v) is 8.47. The van der Waals surface area contributed by atoms with E-state index in [2.05, 4.69) is 10.5 Å². The Labute approximate surface area is 147 Å². The molecule has 2 aromatic rings. The Balaban J connectivity index is 1.39. The molecule has 1 aliphatic heterocycles. The van der Waals surface area contributed by atoms with Gasteiger partial charge in [-0.1, -0.05) is 65.8 Å². The summed E-state index contributed by atoms with van der Waals surface area (Å²) in [4.78, 5) is 17.5. The number of nitrogens with zero attached hydrogens (tertiary/aromatic N) is 1. The van der Waals surface area contributed by atoms with E-state index in [0.29, 0.717) is 26.2 Å². The normalized spacial score (nSPS) is 18.7. The Kier molecular flexibility index (Phi) is 6.17. The zero-order valence-corrected chi connectivity index (χ0v) is 14.1. The highest BCUT2D eigenvalue weighted by Gasteiger charge is 2.25. The average Bonchev–Trinajstić information content (AvgIpc) is 2.68. The molecule has 1 atom stereocenters. The maximum Gasteiger partial charge on any atom is 0.323 e. The second-order valence-corrected chi connectivity index (χ2v) is 5.98. The molecular formula is C20H22N2O3. The standard InChI is InChI=1S/C20H22N2O3/c23-20(24-14-16-7-3-1-4-8-16)19-12-11-18(13-21-19)22-25-15-17-9-5-2-6-10-17/h1-10,19,21H,11-15H2/b22-18-. The maximum absolute atomic E-state index is 12.1. The molecule has 0 radical (unpaired) electrons. The summed E-state index contributed by atoms with van der Waals surface area (Å²) in [5.41, 5.74) is 2.99. The van der Waals surface area contributed by atoms with Gasteiger partial charge in [0, 0.05) is 6.54 Å². The summed E-state index contributed by atoms with van der Waals surface area (Å²) < 4.78 is 5.37. The number of rotatable bonds is 6. The number of ether oxygens (including phenoxy) is 1. The van der Waals surface area contributed by atoms with E-state index in [9.17, 15) is 4.79 Å². The number of piperidine rings is 1. The van der Waals surface area contributed by atoms with E-state index in [4.69, 9.17) is 9.57 Å². The van der Waals surface area contributed by atoms with Gasteiger partial charge < -0.3 is 9.57 Å². The second kappa shape index (κ2) is 8.99. The lowest BCUT2D eigenvalue weighted by molar-refractivity contribution is -0.147. The van der Waals surface area contributed by atoms with E-state index in [-0.39, 0.29) is 12.0 Å². The summed E-state index contributed by atoms with van der Waals surface area (Å²) in [6.45, 7) is 1.30. The third-order valence-corrected chi connectivity index (χ3v) is 4.05. The van der Waals surface area contributed by atoms with Crippen LogP contribution >= 0.6 is 0 Å². The number of nitrogens with one attached hydrogen (secondary N) is 1. The van der Waals surface area contributed by atoms with Crippen LogP contribution in [0.4, 0.5) is 0 Å². The van der Waals surface area contributed by atoms with Crippen molar-refractivity contribution in [2.45, 2.75) is 32.1 Å². The van der Waals surface area contributed by atoms with Gasteiger partial charge in [0.25, 0.3) is 0 Å². The third kappa shape index (κ3) is 5.43. The van der Waals surface area contributed by atoms with Gasteiger partial charge in [0.2, 0.25) is 0 Å². The van der Waals surface area contributed by atoms with Crippen molar-refractivity contribution in [1.82, 2.24) is 5.32 Å². The quantitative estimate of drug-likeness (QED) is 0.650. The summed E-state index contributed by atoms with van der Waals surface area (Å²) >= 11 is 0. The van der Waals surface area contributed by atoms with Crippen LogP contribution in [0.1, 0.15) is 24.0 Å². The first-order chi connectivity index (χ1) is 12.3. The van der Waals surface area contributed by atoms with Crippen LogP contribution in [0, 0.1) is 0 Å². The highest BCUT2D eigenvalue weighted by atomic mass is 16.6. The Hall–Kier alpha value is -2.66. The molecule has 0 saturated carbocycles.